The van der Waals surface area contributed by atoms with Crippen LogP contribution in [0.2, 0.25) is 0 Å². The van der Waals surface area contributed by atoms with Crippen LogP contribution in [0.3, 0.4) is 0 Å². The Kier molecular flexibility index (Phi) is 34.4. The third-order valence-corrected chi connectivity index (χ3v) is 1.22. The molecular formula is C11H22Mg. The fourth-order valence-corrected chi connectivity index (χ4v) is 0.689. The zero-order valence-electron chi connectivity index (χ0n) is 8.97. The number of rotatable bonds is 5. The van der Waals surface area contributed by atoms with E-state index in [1.807, 2.05) is 20.3 Å². The zero-order chi connectivity index (χ0) is 8.95. The maximum absolute atomic E-state index is 5.19. The van der Waals surface area contributed by atoms with Gasteiger partial charge in [0.1, 0.15) is 0 Å². The normalized spacial score (nSPS) is 7.58. The minimum atomic E-state index is 0. The largest absolute Gasteiger partial charge is 2.00 e. The first kappa shape index (κ1) is 18.3. The van der Waals surface area contributed by atoms with Crippen molar-refractivity contribution in [3.05, 3.63) is 19.1 Å². The molecule has 0 rings (SSSR count). The summed E-state index contributed by atoms with van der Waals surface area (Å²) in [6, 6.07) is 0. The predicted octanol–water partition coefficient (Wildman–Crippen LogP) is 3.80. The Hall–Kier alpha value is 0.506. The van der Waals surface area contributed by atoms with Crippen molar-refractivity contribution in [2.45, 2.75) is 52.9 Å². The Labute approximate surface area is 95.0 Å². The summed E-state index contributed by atoms with van der Waals surface area (Å²) < 4.78 is 0. The Bertz CT molecular complexity index is 60.0. The smallest absolute Gasteiger partial charge is 0.518 e. The number of hydrogen-bond donors (Lipinski definition) is 0. The van der Waals surface area contributed by atoms with Crippen molar-refractivity contribution in [2.75, 3.05) is 0 Å². The molecule has 0 heterocycles. The SMILES string of the molecule is C[CH-]C.[CH-]=CCCCCCC.[Mg+2]. The molecule has 0 spiro atoms. The summed E-state index contributed by atoms with van der Waals surface area (Å²) in [6.45, 7) is 11.4. The molecule has 0 bridgehead atoms. The Morgan fingerprint density at radius 2 is 1.67 bits per heavy atom. The van der Waals surface area contributed by atoms with E-state index in [1.54, 1.807) is 6.08 Å². The number of unbranched alkanes of at least 4 members (excludes halogenated alkanes) is 4. The van der Waals surface area contributed by atoms with Crippen molar-refractivity contribution in [2.24, 2.45) is 0 Å². The van der Waals surface area contributed by atoms with Gasteiger partial charge in [0, 0.05) is 0 Å². The maximum atomic E-state index is 5.19. The van der Waals surface area contributed by atoms with Crippen molar-refractivity contribution in [3.63, 3.8) is 0 Å². The predicted molar refractivity (Wildman–Crippen MR) is 59.0 cm³/mol. The number of hydrogen-bond acceptors (Lipinski definition) is 0. The molecular weight excluding hydrogens is 156 g/mol. The molecule has 0 aromatic rings. The van der Waals surface area contributed by atoms with Gasteiger partial charge in [0.15, 0.2) is 0 Å². The van der Waals surface area contributed by atoms with E-state index in [9.17, 15) is 0 Å². The van der Waals surface area contributed by atoms with Gasteiger partial charge >= 0.3 is 23.1 Å². The van der Waals surface area contributed by atoms with Crippen LogP contribution in [0.5, 0.6) is 0 Å². The molecule has 0 aliphatic carbocycles. The summed E-state index contributed by atoms with van der Waals surface area (Å²) >= 11 is 0. The van der Waals surface area contributed by atoms with Crippen molar-refractivity contribution >= 4 is 23.1 Å². The quantitative estimate of drug-likeness (QED) is 0.341. The third kappa shape index (κ3) is 31.3. The first-order chi connectivity index (χ1) is 5.33. The van der Waals surface area contributed by atoms with Gasteiger partial charge in [-0.25, -0.2) is 0 Å². The van der Waals surface area contributed by atoms with Gasteiger partial charge in [0.2, 0.25) is 0 Å². The molecule has 0 saturated carbocycles. The van der Waals surface area contributed by atoms with Gasteiger partial charge in [-0.2, -0.15) is 13.8 Å². The minimum absolute atomic E-state index is 0. The van der Waals surface area contributed by atoms with E-state index < -0.39 is 0 Å². The molecule has 0 saturated heterocycles. The Morgan fingerprint density at radius 3 is 2.00 bits per heavy atom. The van der Waals surface area contributed by atoms with E-state index in [2.05, 4.69) is 6.92 Å². The average molecular weight is 179 g/mol. The van der Waals surface area contributed by atoms with Crippen LogP contribution in [0, 0.1) is 13.0 Å². The van der Waals surface area contributed by atoms with Gasteiger partial charge < -0.3 is 13.0 Å². The second-order valence-electron chi connectivity index (χ2n) is 2.66. The van der Waals surface area contributed by atoms with Crippen molar-refractivity contribution in [1.29, 1.82) is 0 Å². The summed E-state index contributed by atoms with van der Waals surface area (Å²) in [7, 11) is 0. The van der Waals surface area contributed by atoms with Crippen LogP contribution in [0.1, 0.15) is 52.9 Å². The van der Waals surface area contributed by atoms with Gasteiger partial charge in [0.05, 0.1) is 0 Å². The third-order valence-electron chi connectivity index (χ3n) is 1.22. The first-order valence-electron chi connectivity index (χ1n) is 4.60. The van der Waals surface area contributed by atoms with E-state index in [0.717, 1.165) is 6.42 Å². The molecule has 12 heavy (non-hydrogen) atoms. The summed E-state index contributed by atoms with van der Waals surface area (Å²) in [5.74, 6) is 0. The van der Waals surface area contributed by atoms with Crippen LogP contribution in [0.25, 0.3) is 0 Å². The molecule has 1 heteroatoms. The molecule has 0 nitrogen and oxygen atoms in total. The zero-order valence-corrected chi connectivity index (χ0v) is 10.4. The van der Waals surface area contributed by atoms with E-state index >= 15 is 0 Å². The van der Waals surface area contributed by atoms with Crippen LogP contribution in [-0.4, -0.2) is 23.1 Å². The minimum Gasteiger partial charge on any atom is -0.518 e. The average Bonchev–Trinajstić information content (AvgIpc) is 2.00. The van der Waals surface area contributed by atoms with Gasteiger partial charge in [-0.15, -0.1) is 0 Å². The van der Waals surface area contributed by atoms with Crippen LogP contribution >= 0.6 is 0 Å². The topological polar surface area (TPSA) is 0 Å². The molecule has 0 aliphatic heterocycles. The first-order valence-corrected chi connectivity index (χ1v) is 4.60. The van der Waals surface area contributed by atoms with E-state index in [0.29, 0.717) is 0 Å². The molecule has 68 valence electrons. The fourth-order valence-electron chi connectivity index (χ4n) is 0.689. The monoisotopic (exact) mass is 178 g/mol. The second kappa shape index (κ2) is 22.5. The Balaban J connectivity index is -0.000000177. The summed E-state index contributed by atoms with van der Waals surface area (Å²) in [6.07, 6.45) is 10.1. The van der Waals surface area contributed by atoms with Gasteiger partial charge in [0.25, 0.3) is 0 Å². The molecule has 0 aliphatic rings. The van der Waals surface area contributed by atoms with Crippen molar-refractivity contribution < 1.29 is 0 Å². The van der Waals surface area contributed by atoms with Gasteiger partial charge in [-0.3, -0.25) is 6.08 Å². The summed E-state index contributed by atoms with van der Waals surface area (Å²) in [5.41, 5.74) is 0. The van der Waals surface area contributed by atoms with E-state index in [4.69, 9.17) is 6.58 Å². The van der Waals surface area contributed by atoms with Gasteiger partial charge in [-0.05, 0) is 0 Å². The van der Waals surface area contributed by atoms with Crippen LogP contribution < -0.4 is 0 Å². The van der Waals surface area contributed by atoms with E-state index in [1.165, 1.54) is 25.7 Å². The molecule has 0 aromatic heterocycles. The molecule has 0 amide bonds. The van der Waals surface area contributed by atoms with Gasteiger partial charge in [-0.1, -0.05) is 39.0 Å². The van der Waals surface area contributed by atoms with Crippen molar-refractivity contribution in [3.8, 4) is 0 Å². The number of allylic oxidation sites excluding steroid dienone is 1. The second-order valence-corrected chi connectivity index (χ2v) is 2.66. The molecule has 0 atom stereocenters. The Morgan fingerprint density at radius 1 is 1.17 bits per heavy atom. The van der Waals surface area contributed by atoms with Crippen LogP contribution in [0.15, 0.2) is 6.08 Å². The standard InChI is InChI=1S/C8H15.C3H7.Mg/c1-3-5-7-8-6-4-2;1-3-2;/h1,3H,4-8H2,2H3;3H,1-2H3;/q2*-1;+2. The summed E-state index contributed by atoms with van der Waals surface area (Å²) in [4.78, 5) is 0. The van der Waals surface area contributed by atoms with Crippen LogP contribution in [-0.2, 0) is 0 Å². The summed E-state index contributed by atoms with van der Waals surface area (Å²) in [5, 5.41) is 0. The van der Waals surface area contributed by atoms with Crippen molar-refractivity contribution in [1.82, 2.24) is 0 Å². The van der Waals surface area contributed by atoms with E-state index in [-0.39, 0.29) is 23.1 Å². The molecule has 0 radical (unpaired) electrons. The molecule has 0 fully saturated rings. The molecule has 0 N–H and O–H groups in total. The molecule has 0 aromatic carbocycles. The van der Waals surface area contributed by atoms with Crippen LogP contribution in [0.4, 0.5) is 0 Å². The maximum Gasteiger partial charge on any atom is 2.00 e. The fraction of sp³-hybridized carbons (Fsp3) is 0.727. The molecule has 0 unspecified atom stereocenters.